The number of carbonyl (C=O) groups excluding carboxylic acids is 1. The Morgan fingerprint density at radius 1 is 1.11 bits per heavy atom. The summed E-state index contributed by atoms with van der Waals surface area (Å²) < 4.78 is 5.54. The predicted octanol–water partition coefficient (Wildman–Crippen LogP) is 4.46. The first-order valence-electron chi connectivity index (χ1n) is 9.46. The summed E-state index contributed by atoms with van der Waals surface area (Å²) in [7, 11) is 4.00. The number of carbonyl (C=O) groups is 1. The molecule has 1 aliphatic heterocycles. The number of nitrogens with one attached hydrogen (secondary N) is 1. The van der Waals surface area contributed by atoms with E-state index in [2.05, 4.69) is 10.2 Å². The SMILES string of the molecule is CN(C)C(CNC(=O)C1(c2ccc(Cl)cc2)CCOCC1)c1cccc(Cl)c1. The molecule has 0 radical (unpaired) electrons. The fourth-order valence-corrected chi connectivity index (χ4v) is 4.13. The highest BCUT2D eigenvalue weighted by atomic mass is 35.5. The molecule has 1 unspecified atom stereocenters. The van der Waals surface area contributed by atoms with Crippen LogP contribution in [0, 0.1) is 0 Å². The third kappa shape index (κ3) is 4.69. The van der Waals surface area contributed by atoms with Crippen LogP contribution in [0.3, 0.4) is 0 Å². The highest BCUT2D eigenvalue weighted by molar-refractivity contribution is 6.30. The minimum Gasteiger partial charge on any atom is -0.381 e. The molecular weight excluding hydrogens is 395 g/mol. The summed E-state index contributed by atoms with van der Waals surface area (Å²) in [5.74, 6) is 0.0343. The number of nitrogens with zero attached hydrogens (tertiary/aromatic N) is 1. The van der Waals surface area contributed by atoms with Gasteiger partial charge in [-0.2, -0.15) is 0 Å². The third-order valence-corrected chi connectivity index (χ3v) is 5.98. The molecule has 1 saturated heterocycles. The van der Waals surface area contributed by atoms with Crippen LogP contribution < -0.4 is 5.32 Å². The van der Waals surface area contributed by atoms with Crippen LogP contribution in [-0.2, 0) is 14.9 Å². The number of hydrogen-bond acceptors (Lipinski definition) is 3. The molecule has 2 aromatic carbocycles. The quantitative estimate of drug-likeness (QED) is 0.749. The van der Waals surface area contributed by atoms with Crippen LogP contribution in [-0.4, -0.2) is 44.7 Å². The summed E-state index contributed by atoms with van der Waals surface area (Å²) in [5, 5.41) is 4.55. The molecule has 0 bridgehead atoms. The summed E-state index contributed by atoms with van der Waals surface area (Å²) in [6.45, 7) is 1.64. The van der Waals surface area contributed by atoms with Gasteiger partial charge in [0.05, 0.1) is 11.5 Å². The van der Waals surface area contributed by atoms with E-state index in [0.29, 0.717) is 42.6 Å². The molecule has 1 heterocycles. The second kappa shape index (κ2) is 9.27. The smallest absolute Gasteiger partial charge is 0.230 e. The monoisotopic (exact) mass is 420 g/mol. The van der Waals surface area contributed by atoms with Crippen LogP contribution in [0.25, 0.3) is 0 Å². The maximum atomic E-state index is 13.4. The van der Waals surface area contributed by atoms with Gasteiger partial charge in [-0.05, 0) is 62.3 Å². The molecule has 1 fully saturated rings. The highest BCUT2D eigenvalue weighted by Crippen LogP contribution is 2.36. The Kier molecular flexibility index (Phi) is 7.00. The van der Waals surface area contributed by atoms with Crippen LogP contribution in [0.1, 0.15) is 30.0 Å². The number of likely N-dealkylation sites (N-methyl/N-ethyl adjacent to an activating group) is 1. The second-order valence-electron chi connectivity index (χ2n) is 7.45. The minimum atomic E-state index is -0.589. The molecule has 6 heteroatoms. The molecule has 0 saturated carbocycles. The van der Waals surface area contributed by atoms with Crippen LogP contribution in [0.4, 0.5) is 0 Å². The Morgan fingerprint density at radius 3 is 2.39 bits per heavy atom. The molecular formula is C22H26Cl2N2O2. The summed E-state index contributed by atoms with van der Waals surface area (Å²) >= 11 is 12.2. The number of rotatable bonds is 6. The van der Waals surface area contributed by atoms with E-state index in [4.69, 9.17) is 27.9 Å². The van der Waals surface area contributed by atoms with Crippen molar-refractivity contribution in [2.45, 2.75) is 24.3 Å². The Bertz CT molecular complexity index is 802. The molecule has 1 atom stereocenters. The molecule has 150 valence electrons. The maximum absolute atomic E-state index is 13.4. The van der Waals surface area contributed by atoms with Crippen LogP contribution >= 0.6 is 23.2 Å². The second-order valence-corrected chi connectivity index (χ2v) is 8.32. The van der Waals surface area contributed by atoms with Gasteiger partial charge in [-0.1, -0.05) is 47.5 Å². The molecule has 1 amide bonds. The largest absolute Gasteiger partial charge is 0.381 e. The number of ether oxygens (including phenoxy) is 1. The lowest BCUT2D eigenvalue weighted by molar-refractivity contribution is -0.130. The Labute approximate surface area is 176 Å². The predicted molar refractivity (Wildman–Crippen MR) is 114 cm³/mol. The van der Waals surface area contributed by atoms with Crippen LogP contribution in [0.15, 0.2) is 48.5 Å². The van der Waals surface area contributed by atoms with Crippen molar-refractivity contribution in [3.63, 3.8) is 0 Å². The first-order valence-corrected chi connectivity index (χ1v) is 10.2. The van der Waals surface area contributed by atoms with E-state index in [9.17, 15) is 4.79 Å². The van der Waals surface area contributed by atoms with Gasteiger partial charge in [0.15, 0.2) is 0 Å². The number of amides is 1. The van der Waals surface area contributed by atoms with Crippen molar-refractivity contribution in [1.82, 2.24) is 10.2 Å². The normalized spacial score (nSPS) is 17.3. The molecule has 1 aliphatic rings. The average molecular weight is 421 g/mol. The Hall–Kier alpha value is -1.59. The fourth-order valence-electron chi connectivity index (χ4n) is 3.81. The van der Waals surface area contributed by atoms with Crippen molar-refractivity contribution in [2.75, 3.05) is 33.9 Å². The summed E-state index contributed by atoms with van der Waals surface area (Å²) in [4.78, 5) is 15.5. The van der Waals surface area contributed by atoms with Gasteiger partial charge >= 0.3 is 0 Å². The first-order chi connectivity index (χ1) is 13.4. The Morgan fingerprint density at radius 2 is 1.79 bits per heavy atom. The fraction of sp³-hybridized carbons (Fsp3) is 0.409. The van der Waals surface area contributed by atoms with E-state index in [1.54, 1.807) is 0 Å². The van der Waals surface area contributed by atoms with Crippen molar-refractivity contribution >= 4 is 29.1 Å². The molecule has 4 nitrogen and oxygen atoms in total. The van der Waals surface area contributed by atoms with Crippen molar-refractivity contribution in [1.29, 1.82) is 0 Å². The lowest BCUT2D eigenvalue weighted by Gasteiger charge is -2.37. The number of halogens is 2. The van der Waals surface area contributed by atoms with Gasteiger partial charge in [0.2, 0.25) is 5.91 Å². The maximum Gasteiger partial charge on any atom is 0.230 e. The molecule has 28 heavy (non-hydrogen) atoms. The number of hydrogen-bond donors (Lipinski definition) is 1. The minimum absolute atomic E-state index is 0.0322. The van der Waals surface area contributed by atoms with E-state index >= 15 is 0 Å². The highest BCUT2D eigenvalue weighted by Gasteiger charge is 2.41. The first kappa shape index (κ1) is 21.1. The lowest BCUT2D eigenvalue weighted by atomic mass is 9.73. The van der Waals surface area contributed by atoms with Gasteiger partial charge in [-0.25, -0.2) is 0 Å². The van der Waals surface area contributed by atoms with Gasteiger partial charge in [-0.15, -0.1) is 0 Å². The third-order valence-electron chi connectivity index (χ3n) is 5.49. The van der Waals surface area contributed by atoms with Gasteiger partial charge in [0.25, 0.3) is 0 Å². The van der Waals surface area contributed by atoms with E-state index in [1.165, 1.54) is 0 Å². The van der Waals surface area contributed by atoms with Crippen molar-refractivity contribution in [3.8, 4) is 0 Å². The zero-order chi connectivity index (χ0) is 20.1. The lowest BCUT2D eigenvalue weighted by Crippen LogP contribution is -2.49. The van der Waals surface area contributed by atoms with Gasteiger partial charge in [0.1, 0.15) is 0 Å². The van der Waals surface area contributed by atoms with Crippen molar-refractivity contribution in [3.05, 3.63) is 69.7 Å². The van der Waals surface area contributed by atoms with Crippen molar-refractivity contribution in [2.24, 2.45) is 0 Å². The molecule has 0 spiro atoms. The summed E-state index contributed by atoms with van der Waals surface area (Å²) in [6.07, 6.45) is 1.31. The van der Waals surface area contributed by atoms with E-state index in [-0.39, 0.29) is 11.9 Å². The van der Waals surface area contributed by atoms with Gasteiger partial charge < -0.3 is 15.0 Å². The average Bonchev–Trinajstić information content (AvgIpc) is 2.69. The zero-order valence-electron chi connectivity index (χ0n) is 16.3. The molecule has 2 aromatic rings. The van der Waals surface area contributed by atoms with Gasteiger partial charge in [0, 0.05) is 29.8 Å². The summed E-state index contributed by atoms with van der Waals surface area (Å²) in [6, 6.07) is 15.4. The Balaban J connectivity index is 1.80. The molecule has 1 N–H and O–H groups in total. The van der Waals surface area contributed by atoms with E-state index in [1.807, 2.05) is 62.6 Å². The molecule has 0 aromatic heterocycles. The number of benzene rings is 2. The molecule has 0 aliphatic carbocycles. The standard InChI is InChI=1S/C22H26Cl2N2O2/c1-26(2)20(16-4-3-5-19(24)14-16)15-25-21(27)22(10-12-28-13-11-22)17-6-8-18(23)9-7-17/h3-9,14,20H,10-13,15H2,1-2H3,(H,25,27). The molecule has 3 rings (SSSR count). The van der Waals surface area contributed by atoms with Gasteiger partial charge in [-0.3, -0.25) is 4.79 Å². The van der Waals surface area contributed by atoms with E-state index < -0.39 is 5.41 Å². The van der Waals surface area contributed by atoms with Crippen LogP contribution in [0.5, 0.6) is 0 Å². The van der Waals surface area contributed by atoms with Crippen LogP contribution in [0.2, 0.25) is 10.0 Å². The zero-order valence-corrected chi connectivity index (χ0v) is 17.8. The topological polar surface area (TPSA) is 41.6 Å². The van der Waals surface area contributed by atoms with Crippen molar-refractivity contribution < 1.29 is 9.53 Å². The van der Waals surface area contributed by atoms with E-state index in [0.717, 1.165) is 11.1 Å². The summed E-state index contributed by atoms with van der Waals surface area (Å²) in [5.41, 5.74) is 1.47.